The fraction of sp³-hybridized carbons (Fsp3) is 0.300. The Morgan fingerprint density at radius 3 is 2.56 bits per heavy atom. The third kappa shape index (κ3) is 4.64. The molecule has 0 radical (unpaired) electrons. The normalized spacial score (nSPS) is 15.3. The summed E-state index contributed by atoms with van der Waals surface area (Å²) in [6, 6.07) is 14.5. The first-order valence-electron chi connectivity index (χ1n) is 8.99. The maximum Gasteiger partial charge on any atom is 0.205 e. The number of aromatic nitrogens is 2. The number of anilines is 1. The quantitative estimate of drug-likeness (QED) is 0.634. The summed E-state index contributed by atoms with van der Waals surface area (Å²) in [5.41, 5.74) is 2.03. The van der Waals surface area contributed by atoms with Crippen molar-refractivity contribution in [1.82, 2.24) is 14.3 Å². The molecule has 1 aliphatic heterocycles. The second-order valence-corrected chi connectivity index (χ2v) is 7.78. The molecule has 0 spiro atoms. The SMILES string of the molecule is Fc1cccc(CCN2CCN(c3nc(-c4ccc(Cl)cc4)ns3)CC2)c1. The van der Waals surface area contributed by atoms with Crippen LogP contribution < -0.4 is 4.90 Å². The zero-order chi connectivity index (χ0) is 18.6. The van der Waals surface area contributed by atoms with Crippen molar-refractivity contribution in [2.24, 2.45) is 0 Å². The lowest BCUT2D eigenvalue weighted by molar-refractivity contribution is 0.261. The number of nitrogens with zero attached hydrogens (tertiary/aromatic N) is 4. The van der Waals surface area contributed by atoms with Crippen molar-refractivity contribution in [3.05, 3.63) is 64.9 Å². The van der Waals surface area contributed by atoms with Gasteiger partial charge < -0.3 is 4.90 Å². The number of halogens is 2. The molecule has 3 aromatic rings. The van der Waals surface area contributed by atoms with Crippen LogP contribution in [0.3, 0.4) is 0 Å². The molecule has 0 aliphatic carbocycles. The van der Waals surface area contributed by atoms with Gasteiger partial charge in [-0.3, -0.25) is 4.90 Å². The highest BCUT2D eigenvalue weighted by molar-refractivity contribution is 7.09. The summed E-state index contributed by atoms with van der Waals surface area (Å²) in [6.45, 7) is 4.76. The molecule has 1 saturated heterocycles. The van der Waals surface area contributed by atoms with E-state index in [1.807, 2.05) is 30.3 Å². The van der Waals surface area contributed by atoms with Crippen molar-refractivity contribution in [3.63, 3.8) is 0 Å². The van der Waals surface area contributed by atoms with Gasteiger partial charge in [0.05, 0.1) is 0 Å². The van der Waals surface area contributed by atoms with E-state index < -0.39 is 0 Å². The average molecular weight is 403 g/mol. The average Bonchev–Trinajstić information content (AvgIpc) is 3.18. The third-order valence-electron chi connectivity index (χ3n) is 4.77. The van der Waals surface area contributed by atoms with Gasteiger partial charge in [-0.15, -0.1) is 0 Å². The van der Waals surface area contributed by atoms with Crippen LogP contribution >= 0.6 is 23.1 Å². The van der Waals surface area contributed by atoms with Crippen molar-refractivity contribution in [1.29, 1.82) is 0 Å². The molecule has 4 nitrogen and oxygen atoms in total. The molecular formula is C20H20ClFN4S. The van der Waals surface area contributed by atoms with E-state index >= 15 is 0 Å². The van der Waals surface area contributed by atoms with Gasteiger partial charge in [-0.2, -0.15) is 9.36 Å². The topological polar surface area (TPSA) is 32.3 Å². The van der Waals surface area contributed by atoms with E-state index in [1.54, 1.807) is 12.1 Å². The predicted molar refractivity (Wildman–Crippen MR) is 109 cm³/mol. The molecule has 0 saturated carbocycles. The van der Waals surface area contributed by atoms with Crippen LogP contribution in [0.4, 0.5) is 9.52 Å². The largest absolute Gasteiger partial charge is 0.344 e. The molecule has 0 bridgehead atoms. The monoisotopic (exact) mass is 402 g/mol. The Kier molecular flexibility index (Phi) is 5.66. The van der Waals surface area contributed by atoms with Crippen molar-refractivity contribution in [3.8, 4) is 11.4 Å². The highest BCUT2D eigenvalue weighted by Crippen LogP contribution is 2.25. The first-order chi connectivity index (χ1) is 13.2. The molecule has 1 aromatic heterocycles. The van der Waals surface area contributed by atoms with E-state index in [0.717, 1.165) is 61.2 Å². The standard InChI is InChI=1S/C20H20ClFN4S/c21-17-6-4-16(5-7-17)19-23-20(27-24-19)26-12-10-25(11-13-26)9-8-15-2-1-3-18(22)14-15/h1-7,14H,8-13H2. The van der Waals surface area contributed by atoms with Gasteiger partial charge in [-0.25, -0.2) is 4.39 Å². The molecule has 7 heteroatoms. The van der Waals surface area contributed by atoms with Crippen LogP contribution in [0.5, 0.6) is 0 Å². The molecule has 27 heavy (non-hydrogen) atoms. The van der Waals surface area contributed by atoms with E-state index in [1.165, 1.54) is 17.6 Å². The lowest BCUT2D eigenvalue weighted by Crippen LogP contribution is -2.47. The summed E-state index contributed by atoms with van der Waals surface area (Å²) in [5, 5.41) is 1.67. The van der Waals surface area contributed by atoms with E-state index in [9.17, 15) is 4.39 Å². The molecule has 140 valence electrons. The minimum Gasteiger partial charge on any atom is -0.344 e. The van der Waals surface area contributed by atoms with Gasteiger partial charge >= 0.3 is 0 Å². The number of piperazine rings is 1. The predicted octanol–water partition coefficient (Wildman–Crippen LogP) is 4.36. The van der Waals surface area contributed by atoms with Crippen LogP contribution in [-0.4, -0.2) is 47.0 Å². The number of benzene rings is 2. The third-order valence-corrected chi connectivity index (χ3v) is 5.80. The summed E-state index contributed by atoms with van der Waals surface area (Å²) < 4.78 is 17.8. The number of rotatable bonds is 5. The Hall–Kier alpha value is -2.02. The Bertz CT molecular complexity index is 891. The highest BCUT2D eigenvalue weighted by Gasteiger charge is 2.20. The highest BCUT2D eigenvalue weighted by atomic mass is 35.5. The van der Waals surface area contributed by atoms with Crippen LogP contribution in [0.25, 0.3) is 11.4 Å². The van der Waals surface area contributed by atoms with Gasteiger partial charge in [0.15, 0.2) is 5.82 Å². The molecule has 1 fully saturated rings. The maximum atomic E-state index is 13.3. The second kappa shape index (κ2) is 8.33. The molecule has 0 N–H and O–H groups in total. The maximum absolute atomic E-state index is 13.3. The van der Waals surface area contributed by atoms with E-state index in [-0.39, 0.29) is 5.82 Å². The Balaban J connectivity index is 1.31. The van der Waals surface area contributed by atoms with Crippen LogP contribution in [-0.2, 0) is 6.42 Å². The Morgan fingerprint density at radius 1 is 1.04 bits per heavy atom. The smallest absolute Gasteiger partial charge is 0.205 e. The second-order valence-electron chi connectivity index (χ2n) is 6.62. The van der Waals surface area contributed by atoms with Gasteiger partial charge in [-0.1, -0.05) is 23.7 Å². The van der Waals surface area contributed by atoms with Crippen molar-refractivity contribution < 1.29 is 4.39 Å². The van der Waals surface area contributed by atoms with Crippen molar-refractivity contribution in [2.45, 2.75) is 6.42 Å². The molecule has 4 rings (SSSR count). The molecule has 1 aliphatic rings. The summed E-state index contributed by atoms with van der Waals surface area (Å²) >= 11 is 7.38. The zero-order valence-corrected chi connectivity index (χ0v) is 16.4. The van der Waals surface area contributed by atoms with E-state index in [0.29, 0.717) is 5.02 Å². The molecule has 0 amide bonds. The minimum atomic E-state index is -0.162. The molecule has 0 atom stereocenters. The van der Waals surface area contributed by atoms with Crippen LogP contribution in [0, 0.1) is 5.82 Å². The van der Waals surface area contributed by atoms with Crippen LogP contribution in [0.1, 0.15) is 5.56 Å². The lowest BCUT2D eigenvalue weighted by atomic mass is 10.1. The molecule has 2 heterocycles. The van der Waals surface area contributed by atoms with Gasteiger partial charge in [0, 0.05) is 54.8 Å². The number of hydrogen-bond acceptors (Lipinski definition) is 5. The van der Waals surface area contributed by atoms with Gasteiger partial charge in [0.2, 0.25) is 5.13 Å². The first kappa shape index (κ1) is 18.3. The fourth-order valence-electron chi connectivity index (χ4n) is 3.20. The number of hydrogen-bond donors (Lipinski definition) is 0. The summed E-state index contributed by atoms with van der Waals surface area (Å²) in [7, 11) is 0. The van der Waals surface area contributed by atoms with Crippen molar-refractivity contribution >= 4 is 28.3 Å². The zero-order valence-electron chi connectivity index (χ0n) is 14.8. The van der Waals surface area contributed by atoms with Crippen LogP contribution in [0.15, 0.2) is 48.5 Å². The van der Waals surface area contributed by atoms with Gasteiger partial charge in [0.1, 0.15) is 5.82 Å². The fourth-order valence-corrected chi connectivity index (χ4v) is 4.07. The Morgan fingerprint density at radius 2 is 1.81 bits per heavy atom. The van der Waals surface area contributed by atoms with E-state index in [2.05, 4.69) is 14.2 Å². The molecule has 0 unspecified atom stereocenters. The summed E-state index contributed by atoms with van der Waals surface area (Å²) in [6.07, 6.45) is 0.872. The van der Waals surface area contributed by atoms with Gasteiger partial charge in [-0.05, 0) is 48.4 Å². The Labute approximate surface area is 167 Å². The van der Waals surface area contributed by atoms with E-state index in [4.69, 9.17) is 16.6 Å². The molecule has 2 aromatic carbocycles. The van der Waals surface area contributed by atoms with Gasteiger partial charge in [0.25, 0.3) is 0 Å². The van der Waals surface area contributed by atoms with Crippen molar-refractivity contribution in [2.75, 3.05) is 37.6 Å². The molecular weight excluding hydrogens is 383 g/mol. The summed E-state index contributed by atoms with van der Waals surface area (Å²) in [4.78, 5) is 9.40. The first-order valence-corrected chi connectivity index (χ1v) is 10.1. The lowest BCUT2D eigenvalue weighted by Gasteiger charge is -2.34. The van der Waals surface area contributed by atoms with Crippen LogP contribution in [0.2, 0.25) is 5.02 Å². The minimum absolute atomic E-state index is 0.162. The summed E-state index contributed by atoms with van der Waals surface area (Å²) in [5.74, 6) is 0.588.